The fraction of sp³-hybridized carbons (Fsp3) is 0.455. The first-order valence-corrected chi connectivity index (χ1v) is 5.37. The summed E-state index contributed by atoms with van der Waals surface area (Å²) in [4.78, 5) is 2.21. The molecule has 0 aliphatic rings. The van der Waals surface area contributed by atoms with E-state index in [4.69, 9.17) is 4.74 Å². The summed E-state index contributed by atoms with van der Waals surface area (Å²) in [5.41, 5.74) is 1.19. The van der Waals surface area contributed by atoms with Crippen LogP contribution in [0.25, 0.3) is 0 Å². The summed E-state index contributed by atoms with van der Waals surface area (Å²) in [6.45, 7) is 1.02. The number of hydrogen-bond acceptors (Lipinski definition) is 3. The van der Waals surface area contributed by atoms with Crippen molar-refractivity contribution >= 4 is 18.3 Å². The van der Waals surface area contributed by atoms with Crippen LogP contribution in [0.15, 0.2) is 24.3 Å². The number of ether oxygens (including phenoxy) is 1. The highest BCUT2D eigenvalue weighted by Crippen LogP contribution is 2.19. The molecule has 0 N–H and O–H groups in total. The van der Waals surface area contributed by atoms with Gasteiger partial charge in [0.05, 0.1) is 7.11 Å². The number of hydrogen-bond donors (Lipinski definition) is 1. The monoisotopic (exact) mass is 211 g/mol. The first-order chi connectivity index (χ1) is 6.77. The molecular weight excluding hydrogens is 194 g/mol. The van der Waals surface area contributed by atoms with Crippen LogP contribution in [0.2, 0.25) is 0 Å². The molecular formula is C11H17NOS. The van der Waals surface area contributed by atoms with Crippen molar-refractivity contribution in [2.24, 2.45) is 0 Å². The molecule has 14 heavy (non-hydrogen) atoms. The van der Waals surface area contributed by atoms with Gasteiger partial charge in [-0.15, -0.1) is 0 Å². The molecule has 0 saturated heterocycles. The molecule has 0 unspecified atom stereocenters. The van der Waals surface area contributed by atoms with E-state index in [2.05, 4.69) is 30.6 Å². The van der Waals surface area contributed by atoms with Gasteiger partial charge in [-0.1, -0.05) is 6.07 Å². The van der Waals surface area contributed by atoms with E-state index in [1.165, 1.54) is 5.69 Å². The van der Waals surface area contributed by atoms with Gasteiger partial charge >= 0.3 is 0 Å². The molecule has 78 valence electrons. The topological polar surface area (TPSA) is 12.5 Å². The van der Waals surface area contributed by atoms with Crippen molar-refractivity contribution in [2.75, 3.05) is 31.4 Å². The van der Waals surface area contributed by atoms with Gasteiger partial charge in [0.2, 0.25) is 0 Å². The summed E-state index contributed by atoms with van der Waals surface area (Å²) in [6.07, 6.45) is 1.09. The largest absolute Gasteiger partial charge is 0.497 e. The minimum absolute atomic E-state index is 0.903. The molecule has 1 aromatic carbocycles. The van der Waals surface area contributed by atoms with Crippen LogP contribution in [0.5, 0.6) is 5.75 Å². The predicted molar refractivity (Wildman–Crippen MR) is 64.7 cm³/mol. The van der Waals surface area contributed by atoms with Gasteiger partial charge in [-0.2, -0.15) is 12.6 Å². The van der Waals surface area contributed by atoms with E-state index < -0.39 is 0 Å². The van der Waals surface area contributed by atoms with Crippen LogP contribution in [-0.2, 0) is 0 Å². The smallest absolute Gasteiger partial charge is 0.120 e. The number of rotatable bonds is 5. The summed E-state index contributed by atoms with van der Waals surface area (Å²) in [7, 11) is 3.77. The Morgan fingerprint density at radius 3 is 2.86 bits per heavy atom. The molecule has 0 radical (unpaired) electrons. The second kappa shape index (κ2) is 5.81. The average Bonchev–Trinajstić information content (AvgIpc) is 2.26. The maximum absolute atomic E-state index is 5.17. The van der Waals surface area contributed by atoms with Crippen molar-refractivity contribution in [2.45, 2.75) is 6.42 Å². The minimum Gasteiger partial charge on any atom is -0.497 e. The van der Waals surface area contributed by atoms with Crippen molar-refractivity contribution in [1.82, 2.24) is 0 Å². The van der Waals surface area contributed by atoms with Crippen LogP contribution in [0.4, 0.5) is 5.69 Å². The zero-order chi connectivity index (χ0) is 10.4. The Bertz CT molecular complexity index is 278. The van der Waals surface area contributed by atoms with Crippen LogP contribution in [-0.4, -0.2) is 26.5 Å². The van der Waals surface area contributed by atoms with Crippen molar-refractivity contribution in [3.05, 3.63) is 24.3 Å². The number of nitrogens with zero attached hydrogens (tertiary/aromatic N) is 1. The molecule has 0 bridgehead atoms. The van der Waals surface area contributed by atoms with Crippen LogP contribution in [0, 0.1) is 0 Å². The number of anilines is 1. The second-order valence-corrected chi connectivity index (χ2v) is 3.65. The Morgan fingerprint density at radius 2 is 2.21 bits per heavy atom. The van der Waals surface area contributed by atoms with Gasteiger partial charge in [0.15, 0.2) is 0 Å². The first kappa shape index (κ1) is 11.2. The number of benzene rings is 1. The molecule has 2 nitrogen and oxygen atoms in total. The maximum atomic E-state index is 5.17. The number of thiol groups is 1. The SMILES string of the molecule is COc1cccc(N(C)CCCS)c1. The zero-order valence-electron chi connectivity index (χ0n) is 8.73. The molecule has 1 rings (SSSR count). The summed E-state index contributed by atoms with van der Waals surface area (Å²) in [6, 6.07) is 8.08. The van der Waals surface area contributed by atoms with Crippen LogP contribution in [0.3, 0.4) is 0 Å². The van der Waals surface area contributed by atoms with Crippen LogP contribution < -0.4 is 9.64 Å². The molecule has 0 aliphatic carbocycles. The second-order valence-electron chi connectivity index (χ2n) is 3.20. The molecule has 0 spiro atoms. The lowest BCUT2D eigenvalue weighted by Gasteiger charge is -2.19. The van der Waals surface area contributed by atoms with E-state index in [0.29, 0.717) is 0 Å². The quantitative estimate of drug-likeness (QED) is 0.751. The Labute approximate surface area is 91.3 Å². The van der Waals surface area contributed by atoms with Crippen molar-refractivity contribution in [1.29, 1.82) is 0 Å². The van der Waals surface area contributed by atoms with E-state index in [9.17, 15) is 0 Å². The standard InChI is InChI=1S/C11H17NOS/c1-12(7-4-8-14)10-5-3-6-11(9-10)13-2/h3,5-6,9,14H,4,7-8H2,1-2H3. The molecule has 0 heterocycles. The van der Waals surface area contributed by atoms with Crippen molar-refractivity contribution < 1.29 is 4.74 Å². The van der Waals surface area contributed by atoms with Crippen molar-refractivity contribution in [3.8, 4) is 5.75 Å². The number of methoxy groups -OCH3 is 1. The van der Waals surface area contributed by atoms with Gasteiger partial charge in [0.1, 0.15) is 5.75 Å². The van der Waals surface area contributed by atoms with Crippen LogP contribution in [0.1, 0.15) is 6.42 Å². The molecule has 0 saturated carbocycles. The van der Waals surface area contributed by atoms with Gasteiger partial charge < -0.3 is 9.64 Å². The Morgan fingerprint density at radius 1 is 1.43 bits per heavy atom. The fourth-order valence-electron chi connectivity index (χ4n) is 1.28. The minimum atomic E-state index is 0.903. The lowest BCUT2D eigenvalue weighted by Crippen LogP contribution is -2.18. The molecule has 0 amide bonds. The zero-order valence-corrected chi connectivity index (χ0v) is 9.63. The third-order valence-corrected chi connectivity index (χ3v) is 2.46. The lowest BCUT2D eigenvalue weighted by molar-refractivity contribution is 0.415. The van der Waals surface area contributed by atoms with Gasteiger partial charge in [-0.25, -0.2) is 0 Å². The van der Waals surface area contributed by atoms with E-state index in [1.807, 2.05) is 18.2 Å². The molecule has 0 aromatic heterocycles. The highest BCUT2D eigenvalue weighted by Gasteiger charge is 2.00. The molecule has 0 fully saturated rings. The maximum Gasteiger partial charge on any atom is 0.120 e. The summed E-state index contributed by atoms with van der Waals surface area (Å²) in [5, 5.41) is 0. The highest BCUT2D eigenvalue weighted by molar-refractivity contribution is 7.80. The van der Waals surface area contributed by atoms with Crippen LogP contribution >= 0.6 is 12.6 Å². The van der Waals surface area contributed by atoms with Crippen molar-refractivity contribution in [3.63, 3.8) is 0 Å². The summed E-state index contributed by atoms with van der Waals surface area (Å²) in [5.74, 6) is 1.83. The van der Waals surface area contributed by atoms with E-state index in [0.717, 1.165) is 24.5 Å². The molecule has 0 atom stereocenters. The Balaban J connectivity index is 2.64. The van der Waals surface area contributed by atoms with E-state index in [-0.39, 0.29) is 0 Å². The summed E-state index contributed by atoms with van der Waals surface area (Å²) < 4.78 is 5.17. The van der Waals surface area contributed by atoms with E-state index in [1.54, 1.807) is 7.11 Å². The fourth-order valence-corrected chi connectivity index (χ4v) is 1.43. The van der Waals surface area contributed by atoms with Gasteiger partial charge in [0, 0.05) is 25.3 Å². The molecule has 3 heteroatoms. The lowest BCUT2D eigenvalue weighted by atomic mass is 10.2. The average molecular weight is 211 g/mol. The third-order valence-electron chi connectivity index (χ3n) is 2.15. The Kier molecular flexibility index (Phi) is 4.66. The van der Waals surface area contributed by atoms with Gasteiger partial charge in [0.25, 0.3) is 0 Å². The first-order valence-electron chi connectivity index (χ1n) is 4.74. The van der Waals surface area contributed by atoms with E-state index >= 15 is 0 Å². The van der Waals surface area contributed by atoms with Gasteiger partial charge in [-0.05, 0) is 24.3 Å². The molecule has 1 aromatic rings. The molecule has 0 aliphatic heterocycles. The predicted octanol–water partition coefficient (Wildman–Crippen LogP) is 2.45. The normalized spacial score (nSPS) is 9.93. The highest BCUT2D eigenvalue weighted by atomic mass is 32.1. The van der Waals surface area contributed by atoms with Gasteiger partial charge in [-0.3, -0.25) is 0 Å². The third kappa shape index (κ3) is 3.14. The Hall–Kier alpha value is -0.830. The summed E-state index contributed by atoms with van der Waals surface area (Å²) >= 11 is 4.19.